The van der Waals surface area contributed by atoms with E-state index >= 15 is 0 Å². The number of rotatable bonds is 5. The number of nitrogens with zero attached hydrogens (tertiary/aromatic N) is 1. The molecule has 0 spiro atoms. The lowest BCUT2D eigenvalue weighted by Gasteiger charge is -2.18. The van der Waals surface area contributed by atoms with Crippen molar-refractivity contribution < 1.29 is 14.3 Å². The third-order valence-electron chi connectivity index (χ3n) is 1.65. The molecule has 0 unspecified atom stereocenters. The van der Waals surface area contributed by atoms with Crippen LogP contribution in [-0.4, -0.2) is 36.7 Å². The topological polar surface area (TPSA) is 84.7 Å². The smallest absolute Gasteiger partial charge is 0.418 e. The maximum atomic E-state index is 11.5. The Kier molecular flexibility index (Phi) is 7.87. The molecule has 6 heteroatoms. The van der Waals surface area contributed by atoms with Crippen molar-refractivity contribution >= 4 is 12.1 Å². The first-order chi connectivity index (χ1) is 7.67. The second kappa shape index (κ2) is 8.72. The first-order valence-corrected chi connectivity index (χ1v) is 5.27. The number of urea groups is 1. The number of hydrogen-bond acceptors (Lipinski definition) is 4. The fourth-order valence-corrected chi connectivity index (χ4v) is 0.932. The molecule has 0 heterocycles. The van der Waals surface area contributed by atoms with Crippen molar-refractivity contribution in [3.63, 3.8) is 0 Å². The van der Waals surface area contributed by atoms with Crippen LogP contribution in [0.2, 0.25) is 0 Å². The summed E-state index contributed by atoms with van der Waals surface area (Å²) in [5.41, 5.74) is 5.31. The highest BCUT2D eigenvalue weighted by atomic mass is 16.6. The maximum absolute atomic E-state index is 11.5. The van der Waals surface area contributed by atoms with E-state index < -0.39 is 12.1 Å². The van der Waals surface area contributed by atoms with E-state index in [2.05, 4.69) is 5.32 Å². The molecule has 0 aromatic heterocycles. The summed E-state index contributed by atoms with van der Waals surface area (Å²) >= 11 is 0. The molecule has 3 N–H and O–H groups in total. The molecule has 0 aliphatic carbocycles. The van der Waals surface area contributed by atoms with Crippen molar-refractivity contribution in [1.82, 2.24) is 10.2 Å². The van der Waals surface area contributed by atoms with Gasteiger partial charge in [-0.05, 0) is 13.3 Å². The van der Waals surface area contributed by atoms with Gasteiger partial charge >= 0.3 is 12.1 Å². The Morgan fingerprint density at radius 1 is 1.44 bits per heavy atom. The first kappa shape index (κ1) is 14.4. The average Bonchev–Trinajstić information content (AvgIpc) is 2.26. The van der Waals surface area contributed by atoms with Crippen molar-refractivity contribution in [3.05, 3.63) is 12.3 Å². The Bertz CT molecular complexity index is 254. The third-order valence-corrected chi connectivity index (χ3v) is 1.65. The summed E-state index contributed by atoms with van der Waals surface area (Å²) in [6.45, 7) is 4.16. The van der Waals surface area contributed by atoms with Crippen molar-refractivity contribution in [3.8, 4) is 0 Å². The second-order valence-electron chi connectivity index (χ2n) is 2.90. The van der Waals surface area contributed by atoms with Gasteiger partial charge in [0, 0.05) is 19.3 Å². The Labute approximate surface area is 95.4 Å². The van der Waals surface area contributed by atoms with Crippen LogP contribution in [0.5, 0.6) is 0 Å². The predicted octanol–water partition coefficient (Wildman–Crippen LogP) is 1.04. The zero-order valence-corrected chi connectivity index (χ0v) is 9.73. The van der Waals surface area contributed by atoms with Crippen LogP contribution in [0.3, 0.4) is 0 Å². The molecule has 0 aliphatic heterocycles. The van der Waals surface area contributed by atoms with Crippen LogP contribution in [0.4, 0.5) is 9.59 Å². The summed E-state index contributed by atoms with van der Waals surface area (Å²) < 4.78 is 4.73. The van der Waals surface area contributed by atoms with Gasteiger partial charge in [0.05, 0.1) is 6.61 Å². The lowest BCUT2D eigenvalue weighted by molar-refractivity contribution is 0.116. The first-order valence-electron chi connectivity index (χ1n) is 5.27. The van der Waals surface area contributed by atoms with Crippen LogP contribution in [0.15, 0.2) is 12.3 Å². The number of amides is 3. The minimum absolute atomic E-state index is 0.130. The normalized spacial score (nSPS) is 10.2. The molecule has 0 radical (unpaired) electrons. The van der Waals surface area contributed by atoms with E-state index in [4.69, 9.17) is 10.5 Å². The molecule has 3 amide bonds. The number of hydrogen-bond donors (Lipinski definition) is 2. The van der Waals surface area contributed by atoms with Crippen molar-refractivity contribution in [2.75, 3.05) is 19.7 Å². The lowest BCUT2D eigenvalue weighted by Crippen LogP contribution is -2.44. The van der Waals surface area contributed by atoms with Crippen LogP contribution in [0.25, 0.3) is 0 Å². The summed E-state index contributed by atoms with van der Waals surface area (Å²) in [7, 11) is 0. The van der Waals surface area contributed by atoms with Crippen LogP contribution in [0.1, 0.15) is 20.3 Å². The van der Waals surface area contributed by atoms with Gasteiger partial charge in [0.15, 0.2) is 0 Å². The monoisotopic (exact) mass is 229 g/mol. The molecule has 0 aromatic carbocycles. The quantitative estimate of drug-likeness (QED) is 0.737. The van der Waals surface area contributed by atoms with Crippen molar-refractivity contribution in [2.24, 2.45) is 5.73 Å². The minimum atomic E-state index is -0.685. The third kappa shape index (κ3) is 5.35. The van der Waals surface area contributed by atoms with Crippen LogP contribution in [-0.2, 0) is 4.74 Å². The summed E-state index contributed by atoms with van der Waals surface area (Å²) in [5.74, 6) is 0. The summed E-state index contributed by atoms with van der Waals surface area (Å²) in [6.07, 6.45) is 3.38. The van der Waals surface area contributed by atoms with E-state index in [0.717, 1.165) is 11.3 Å². The number of carbonyl (C=O) groups excluding carboxylic acids is 2. The molecular weight excluding hydrogens is 210 g/mol. The van der Waals surface area contributed by atoms with E-state index in [0.29, 0.717) is 0 Å². The number of carbonyl (C=O) groups is 2. The van der Waals surface area contributed by atoms with Gasteiger partial charge in [0.2, 0.25) is 0 Å². The van der Waals surface area contributed by atoms with E-state index in [9.17, 15) is 9.59 Å². The second-order valence-corrected chi connectivity index (χ2v) is 2.90. The molecule has 16 heavy (non-hydrogen) atoms. The highest BCUT2D eigenvalue weighted by Gasteiger charge is 2.20. The van der Waals surface area contributed by atoms with Gasteiger partial charge in [-0.25, -0.2) is 14.5 Å². The molecule has 6 nitrogen and oxygen atoms in total. The van der Waals surface area contributed by atoms with Crippen LogP contribution >= 0.6 is 0 Å². The molecule has 0 aromatic rings. The number of nitrogens with one attached hydrogen (secondary N) is 1. The molecule has 0 saturated heterocycles. The van der Waals surface area contributed by atoms with Crippen molar-refractivity contribution in [1.29, 1.82) is 0 Å². The predicted molar refractivity (Wildman–Crippen MR) is 60.7 cm³/mol. The zero-order valence-electron chi connectivity index (χ0n) is 9.73. The van der Waals surface area contributed by atoms with Crippen LogP contribution < -0.4 is 11.1 Å². The van der Waals surface area contributed by atoms with Gasteiger partial charge in [-0.2, -0.15) is 0 Å². The minimum Gasteiger partial charge on any atom is -0.449 e. The largest absolute Gasteiger partial charge is 0.449 e. The summed E-state index contributed by atoms with van der Waals surface area (Å²) in [4.78, 5) is 23.8. The highest BCUT2D eigenvalue weighted by molar-refractivity contribution is 5.91. The number of imide groups is 1. The zero-order chi connectivity index (χ0) is 12.4. The van der Waals surface area contributed by atoms with Gasteiger partial charge in [-0.15, -0.1) is 0 Å². The van der Waals surface area contributed by atoms with Gasteiger partial charge in [0.1, 0.15) is 0 Å². The Morgan fingerprint density at radius 2 is 2.12 bits per heavy atom. The SMILES string of the molecule is CC/C=C/NC(=O)N(CCN)C(=O)OCC. The van der Waals surface area contributed by atoms with Gasteiger partial charge in [-0.1, -0.05) is 13.0 Å². The summed E-state index contributed by atoms with van der Waals surface area (Å²) in [5, 5.41) is 2.46. The molecular formula is C10H19N3O3. The number of nitrogens with two attached hydrogens (primary N) is 1. The van der Waals surface area contributed by atoms with Gasteiger partial charge < -0.3 is 15.8 Å². The molecule has 0 fully saturated rings. The molecule has 0 rings (SSSR count). The van der Waals surface area contributed by atoms with E-state index in [1.54, 1.807) is 13.0 Å². The summed E-state index contributed by atoms with van der Waals surface area (Å²) in [6, 6.07) is -0.534. The van der Waals surface area contributed by atoms with E-state index in [-0.39, 0.29) is 19.7 Å². The molecule has 0 aliphatic rings. The van der Waals surface area contributed by atoms with Gasteiger partial charge in [-0.3, -0.25) is 0 Å². The van der Waals surface area contributed by atoms with Gasteiger partial charge in [0.25, 0.3) is 0 Å². The molecule has 92 valence electrons. The highest BCUT2D eigenvalue weighted by Crippen LogP contribution is 1.95. The lowest BCUT2D eigenvalue weighted by atomic mass is 10.5. The molecule has 0 saturated carbocycles. The van der Waals surface area contributed by atoms with Crippen molar-refractivity contribution in [2.45, 2.75) is 20.3 Å². The fraction of sp³-hybridized carbons (Fsp3) is 0.600. The fourth-order valence-electron chi connectivity index (χ4n) is 0.932. The number of allylic oxidation sites excluding steroid dienone is 1. The van der Waals surface area contributed by atoms with E-state index in [1.807, 2.05) is 6.92 Å². The Balaban J connectivity index is 4.33. The number of ether oxygens (including phenoxy) is 1. The average molecular weight is 229 g/mol. The maximum Gasteiger partial charge on any atom is 0.418 e. The Morgan fingerprint density at radius 3 is 2.62 bits per heavy atom. The van der Waals surface area contributed by atoms with E-state index in [1.165, 1.54) is 6.20 Å². The standard InChI is InChI=1S/C10H19N3O3/c1-3-5-7-12-9(14)13(8-6-11)10(15)16-4-2/h5,7H,3-4,6,8,11H2,1-2H3,(H,12,14)/b7-5+. The molecule has 0 bridgehead atoms. The molecule has 0 atom stereocenters. The Hall–Kier alpha value is -1.56. The van der Waals surface area contributed by atoms with Crippen LogP contribution in [0, 0.1) is 0 Å².